The molecular weight excluding hydrogens is 264 g/mol. The maximum absolute atomic E-state index is 12.8. The summed E-state index contributed by atoms with van der Waals surface area (Å²) in [5.74, 6) is 0.170. The molecule has 1 N–H and O–H groups in total. The fraction of sp³-hybridized carbons (Fsp3) is 0.882. The van der Waals surface area contributed by atoms with Gasteiger partial charge < -0.3 is 10.2 Å². The van der Waals surface area contributed by atoms with Crippen LogP contribution in [0.3, 0.4) is 0 Å². The molecule has 4 heteroatoms. The van der Waals surface area contributed by atoms with Gasteiger partial charge in [0.2, 0.25) is 11.8 Å². The van der Waals surface area contributed by atoms with Crippen molar-refractivity contribution >= 4 is 11.8 Å². The van der Waals surface area contributed by atoms with Gasteiger partial charge in [0.25, 0.3) is 0 Å². The lowest BCUT2D eigenvalue weighted by atomic mass is 9.84. The van der Waals surface area contributed by atoms with Crippen LogP contribution >= 0.6 is 0 Å². The minimum atomic E-state index is -0.575. The molecule has 1 aliphatic carbocycles. The summed E-state index contributed by atoms with van der Waals surface area (Å²) in [5.41, 5.74) is -0.489. The van der Waals surface area contributed by atoms with Crippen molar-refractivity contribution in [2.75, 3.05) is 13.1 Å². The number of hydrogen-bond donors (Lipinski definition) is 1. The van der Waals surface area contributed by atoms with E-state index in [1.165, 1.54) is 19.3 Å². The van der Waals surface area contributed by atoms with Gasteiger partial charge in [0.1, 0.15) is 5.54 Å². The van der Waals surface area contributed by atoms with Gasteiger partial charge in [0.15, 0.2) is 0 Å². The molecular formula is C17H30N2O2. The van der Waals surface area contributed by atoms with Crippen LogP contribution in [-0.4, -0.2) is 35.3 Å². The van der Waals surface area contributed by atoms with Crippen molar-refractivity contribution in [2.45, 2.75) is 77.7 Å². The van der Waals surface area contributed by atoms with E-state index in [1.54, 1.807) is 0 Å². The van der Waals surface area contributed by atoms with E-state index in [4.69, 9.17) is 0 Å². The largest absolute Gasteiger partial charge is 0.340 e. The first-order chi connectivity index (χ1) is 9.88. The van der Waals surface area contributed by atoms with E-state index in [0.717, 1.165) is 32.1 Å². The molecule has 1 saturated heterocycles. The van der Waals surface area contributed by atoms with E-state index in [-0.39, 0.29) is 23.8 Å². The molecule has 2 fully saturated rings. The lowest BCUT2D eigenvalue weighted by molar-refractivity contribution is -0.151. The number of rotatable bonds is 6. The fourth-order valence-electron chi connectivity index (χ4n) is 3.80. The Kier molecular flexibility index (Phi) is 4.95. The summed E-state index contributed by atoms with van der Waals surface area (Å²) < 4.78 is 0. The summed E-state index contributed by atoms with van der Waals surface area (Å²) in [4.78, 5) is 26.7. The average molecular weight is 294 g/mol. The number of amides is 2. The van der Waals surface area contributed by atoms with Gasteiger partial charge in [0, 0.05) is 6.54 Å². The van der Waals surface area contributed by atoms with Crippen molar-refractivity contribution in [1.29, 1.82) is 0 Å². The standard InChI is InChI=1S/C17H30N2O2/c1-4-5-6-9-16(2,3)13-19-12-14(20)18-17(15(19)21)10-7-8-11-17/h4-13H2,1-3H3,(H,18,20). The Labute approximate surface area is 128 Å². The van der Waals surface area contributed by atoms with Crippen LogP contribution in [0.25, 0.3) is 0 Å². The van der Waals surface area contributed by atoms with Crippen LogP contribution in [0, 0.1) is 5.41 Å². The van der Waals surface area contributed by atoms with Crippen LogP contribution < -0.4 is 5.32 Å². The Hall–Kier alpha value is -1.06. The molecule has 0 atom stereocenters. The van der Waals surface area contributed by atoms with Gasteiger partial charge in [-0.15, -0.1) is 0 Å². The molecule has 0 aromatic heterocycles. The maximum atomic E-state index is 12.8. The van der Waals surface area contributed by atoms with Crippen molar-refractivity contribution in [3.63, 3.8) is 0 Å². The Bertz CT molecular complexity index is 398. The summed E-state index contributed by atoms with van der Waals surface area (Å²) in [6.45, 7) is 7.56. The topological polar surface area (TPSA) is 49.4 Å². The molecule has 2 amide bonds. The second-order valence-corrected chi connectivity index (χ2v) is 7.62. The number of piperazine rings is 1. The number of nitrogens with zero attached hydrogens (tertiary/aromatic N) is 1. The molecule has 4 nitrogen and oxygen atoms in total. The van der Waals surface area contributed by atoms with Gasteiger partial charge in [0.05, 0.1) is 6.54 Å². The highest BCUT2D eigenvalue weighted by atomic mass is 16.2. The molecule has 2 rings (SSSR count). The molecule has 2 aliphatic rings. The van der Waals surface area contributed by atoms with Gasteiger partial charge in [-0.25, -0.2) is 0 Å². The highest BCUT2D eigenvalue weighted by Crippen LogP contribution is 2.35. The van der Waals surface area contributed by atoms with Crippen molar-refractivity contribution in [2.24, 2.45) is 5.41 Å². The number of hydrogen-bond acceptors (Lipinski definition) is 2. The van der Waals surface area contributed by atoms with Crippen molar-refractivity contribution in [1.82, 2.24) is 10.2 Å². The number of unbranched alkanes of at least 4 members (excludes halogenated alkanes) is 2. The highest BCUT2D eigenvalue weighted by molar-refractivity contribution is 5.98. The van der Waals surface area contributed by atoms with E-state index in [1.807, 2.05) is 4.90 Å². The molecule has 0 bridgehead atoms. The van der Waals surface area contributed by atoms with Gasteiger partial charge in [-0.05, 0) is 24.7 Å². The smallest absolute Gasteiger partial charge is 0.248 e. The first-order valence-electron chi connectivity index (χ1n) is 8.49. The van der Waals surface area contributed by atoms with Crippen molar-refractivity contribution < 1.29 is 9.59 Å². The number of carbonyl (C=O) groups excluding carboxylic acids is 2. The molecule has 1 aliphatic heterocycles. The van der Waals surface area contributed by atoms with E-state index < -0.39 is 5.54 Å². The average Bonchev–Trinajstić information content (AvgIpc) is 2.84. The molecule has 21 heavy (non-hydrogen) atoms. The molecule has 120 valence electrons. The first-order valence-corrected chi connectivity index (χ1v) is 8.49. The summed E-state index contributed by atoms with van der Waals surface area (Å²) in [6, 6.07) is 0. The van der Waals surface area contributed by atoms with E-state index >= 15 is 0 Å². The van der Waals surface area contributed by atoms with Crippen LogP contribution in [0.15, 0.2) is 0 Å². The molecule has 1 spiro atoms. The summed E-state index contributed by atoms with van der Waals surface area (Å²) >= 11 is 0. The fourth-order valence-corrected chi connectivity index (χ4v) is 3.80. The Balaban J connectivity index is 2.01. The van der Waals surface area contributed by atoms with Crippen LogP contribution in [0.1, 0.15) is 72.1 Å². The van der Waals surface area contributed by atoms with Crippen LogP contribution in [0.2, 0.25) is 0 Å². The third-order valence-corrected chi connectivity index (χ3v) is 4.94. The number of carbonyl (C=O) groups is 2. The molecule has 0 unspecified atom stereocenters. The monoisotopic (exact) mass is 294 g/mol. The quantitative estimate of drug-likeness (QED) is 0.766. The van der Waals surface area contributed by atoms with Gasteiger partial charge >= 0.3 is 0 Å². The molecule has 1 saturated carbocycles. The summed E-state index contributed by atoms with van der Waals surface area (Å²) in [7, 11) is 0. The minimum Gasteiger partial charge on any atom is -0.340 e. The summed E-state index contributed by atoms with van der Waals surface area (Å²) in [6.07, 6.45) is 8.46. The predicted octanol–water partition coefficient (Wildman–Crippen LogP) is 2.86. The third-order valence-electron chi connectivity index (χ3n) is 4.94. The minimum absolute atomic E-state index is 0.0147. The predicted molar refractivity (Wildman–Crippen MR) is 83.8 cm³/mol. The Morgan fingerprint density at radius 3 is 2.48 bits per heavy atom. The maximum Gasteiger partial charge on any atom is 0.248 e. The third kappa shape index (κ3) is 3.78. The summed E-state index contributed by atoms with van der Waals surface area (Å²) in [5, 5.41) is 2.98. The molecule has 0 aromatic carbocycles. The van der Waals surface area contributed by atoms with Crippen LogP contribution in [0.4, 0.5) is 0 Å². The SMILES string of the molecule is CCCCCC(C)(C)CN1CC(=O)NC2(CCCC2)C1=O. The highest BCUT2D eigenvalue weighted by Gasteiger charge is 2.48. The van der Waals surface area contributed by atoms with Crippen molar-refractivity contribution in [3.05, 3.63) is 0 Å². The molecule has 1 heterocycles. The Morgan fingerprint density at radius 1 is 1.19 bits per heavy atom. The van der Waals surface area contributed by atoms with E-state index in [0.29, 0.717) is 6.54 Å². The van der Waals surface area contributed by atoms with Crippen molar-refractivity contribution in [3.8, 4) is 0 Å². The second-order valence-electron chi connectivity index (χ2n) is 7.62. The van der Waals surface area contributed by atoms with Gasteiger partial charge in [-0.1, -0.05) is 52.9 Å². The molecule has 0 aromatic rings. The number of nitrogens with one attached hydrogen (secondary N) is 1. The van der Waals surface area contributed by atoms with Crippen LogP contribution in [0.5, 0.6) is 0 Å². The Morgan fingerprint density at radius 2 is 1.86 bits per heavy atom. The van der Waals surface area contributed by atoms with E-state index in [2.05, 4.69) is 26.1 Å². The zero-order chi connectivity index (χ0) is 15.5. The molecule has 0 radical (unpaired) electrons. The normalized spacial score (nSPS) is 22.0. The first kappa shape index (κ1) is 16.3. The zero-order valence-electron chi connectivity index (χ0n) is 13.8. The lowest BCUT2D eigenvalue weighted by Crippen LogP contribution is -2.66. The van der Waals surface area contributed by atoms with Gasteiger partial charge in [-0.2, -0.15) is 0 Å². The van der Waals surface area contributed by atoms with E-state index in [9.17, 15) is 9.59 Å². The lowest BCUT2D eigenvalue weighted by Gasteiger charge is -2.42. The zero-order valence-corrected chi connectivity index (χ0v) is 13.8. The van der Waals surface area contributed by atoms with Crippen LogP contribution in [-0.2, 0) is 9.59 Å². The van der Waals surface area contributed by atoms with Gasteiger partial charge in [-0.3, -0.25) is 9.59 Å². The second kappa shape index (κ2) is 6.37.